The van der Waals surface area contributed by atoms with Gasteiger partial charge in [0.15, 0.2) is 0 Å². The Morgan fingerprint density at radius 1 is 1.00 bits per heavy atom. The molecule has 130 valence electrons. The van der Waals surface area contributed by atoms with Gasteiger partial charge in [0.05, 0.1) is 6.23 Å². The minimum absolute atomic E-state index is 0.341. The molecule has 0 aromatic heterocycles. The number of aromatic hydroxyl groups is 1. The van der Waals surface area contributed by atoms with Gasteiger partial charge >= 0.3 is 0 Å². The molecule has 0 aliphatic heterocycles. The molecule has 24 heavy (non-hydrogen) atoms. The van der Waals surface area contributed by atoms with Gasteiger partial charge in [0.1, 0.15) is 19.6 Å². The zero-order chi connectivity index (χ0) is 18.1. The van der Waals surface area contributed by atoms with Crippen LogP contribution in [0.5, 0.6) is 11.5 Å². The molecular weight excluding hydrogens is 314 g/mol. The summed E-state index contributed by atoms with van der Waals surface area (Å²) in [5.74, 6) is 1.25. The molecule has 0 aliphatic carbocycles. The van der Waals surface area contributed by atoms with Crippen molar-refractivity contribution < 1.29 is 9.84 Å². The lowest BCUT2D eigenvalue weighted by Crippen LogP contribution is -2.47. The number of phenols is 1. The molecule has 1 N–H and O–H groups in total. The first-order valence-corrected chi connectivity index (χ1v) is 11.5. The SMILES string of the molecule is Cc1cc(O)c(C)c(C)c1OC[Si](C)(C)c1ccc(N(C)C)cc1. The lowest BCUT2D eigenvalue weighted by Gasteiger charge is -2.25. The van der Waals surface area contributed by atoms with Crippen molar-refractivity contribution in [3.05, 3.63) is 47.0 Å². The van der Waals surface area contributed by atoms with E-state index in [2.05, 4.69) is 56.4 Å². The van der Waals surface area contributed by atoms with Crippen molar-refractivity contribution in [1.29, 1.82) is 0 Å². The molecule has 0 amide bonds. The molecule has 0 heterocycles. The summed E-state index contributed by atoms with van der Waals surface area (Å²) in [5.41, 5.74) is 4.12. The standard InChI is InChI=1S/C20H29NO2Si/c1-14-12-19(22)15(2)16(3)20(14)23-13-24(6,7)18-10-8-17(9-11-18)21(4)5/h8-12,22H,13H2,1-7H3. The predicted molar refractivity (Wildman–Crippen MR) is 106 cm³/mol. The average molecular weight is 344 g/mol. The molecule has 0 bridgehead atoms. The van der Waals surface area contributed by atoms with Gasteiger partial charge in [-0.25, -0.2) is 0 Å². The number of phenolic OH excluding ortho intramolecular Hbond substituents is 1. The molecule has 2 aromatic rings. The number of nitrogens with zero attached hydrogens (tertiary/aromatic N) is 1. The second-order valence-corrected chi connectivity index (χ2v) is 12.0. The Labute approximate surface area is 146 Å². The van der Waals surface area contributed by atoms with Crippen LogP contribution in [0.3, 0.4) is 0 Å². The monoisotopic (exact) mass is 343 g/mol. The van der Waals surface area contributed by atoms with Crippen LogP contribution in [-0.2, 0) is 0 Å². The number of benzene rings is 2. The van der Waals surface area contributed by atoms with E-state index in [9.17, 15) is 5.11 Å². The summed E-state index contributed by atoms with van der Waals surface area (Å²) < 4.78 is 6.24. The van der Waals surface area contributed by atoms with Crippen molar-refractivity contribution in [2.24, 2.45) is 0 Å². The number of hydrogen-bond acceptors (Lipinski definition) is 3. The third-order valence-corrected chi connectivity index (χ3v) is 7.50. The second-order valence-electron chi connectivity index (χ2n) is 7.41. The van der Waals surface area contributed by atoms with Gasteiger partial charge in [0.2, 0.25) is 0 Å². The third kappa shape index (κ3) is 3.75. The Bertz CT molecular complexity index is 721. The van der Waals surface area contributed by atoms with Gasteiger partial charge in [-0.05, 0) is 55.7 Å². The van der Waals surface area contributed by atoms with Crippen LogP contribution in [0.4, 0.5) is 5.69 Å². The Morgan fingerprint density at radius 3 is 2.12 bits per heavy atom. The third-order valence-electron chi connectivity index (χ3n) is 4.74. The van der Waals surface area contributed by atoms with Crippen LogP contribution in [0.1, 0.15) is 16.7 Å². The number of ether oxygens (including phenoxy) is 1. The van der Waals surface area contributed by atoms with Crippen LogP contribution in [-0.4, -0.2) is 33.5 Å². The maximum atomic E-state index is 9.93. The maximum absolute atomic E-state index is 9.93. The van der Waals surface area contributed by atoms with E-state index in [0.29, 0.717) is 5.75 Å². The normalized spacial score (nSPS) is 11.5. The lowest BCUT2D eigenvalue weighted by molar-refractivity contribution is 0.371. The van der Waals surface area contributed by atoms with Crippen molar-refractivity contribution >= 4 is 18.9 Å². The van der Waals surface area contributed by atoms with Crippen LogP contribution >= 0.6 is 0 Å². The molecule has 0 atom stereocenters. The van der Waals surface area contributed by atoms with Crippen molar-refractivity contribution in [1.82, 2.24) is 0 Å². The first-order valence-electron chi connectivity index (χ1n) is 8.34. The molecular formula is C20H29NO2Si. The van der Waals surface area contributed by atoms with Gasteiger partial charge in [-0.3, -0.25) is 0 Å². The molecule has 0 unspecified atom stereocenters. The van der Waals surface area contributed by atoms with Crippen molar-refractivity contribution in [3.63, 3.8) is 0 Å². The highest BCUT2D eigenvalue weighted by molar-refractivity contribution is 6.89. The molecule has 4 heteroatoms. The van der Waals surface area contributed by atoms with Crippen LogP contribution < -0.4 is 14.8 Å². The van der Waals surface area contributed by atoms with E-state index in [0.717, 1.165) is 28.7 Å². The van der Waals surface area contributed by atoms with Gasteiger partial charge in [-0.2, -0.15) is 0 Å². The maximum Gasteiger partial charge on any atom is 0.125 e. The Kier molecular flexibility index (Phi) is 5.28. The molecule has 0 spiro atoms. The highest BCUT2D eigenvalue weighted by Crippen LogP contribution is 2.32. The average Bonchev–Trinajstić information content (AvgIpc) is 2.52. The summed E-state index contributed by atoms with van der Waals surface area (Å²) in [6, 6.07) is 10.6. The van der Waals surface area contributed by atoms with E-state index in [1.165, 1.54) is 10.9 Å². The first kappa shape index (κ1) is 18.4. The summed E-state index contributed by atoms with van der Waals surface area (Å²) in [4.78, 5) is 2.11. The molecule has 0 radical (unpaired) electrons. The van der Waals surface area contributed by atoms with Gasteiger partial charge in [-0.15, -0.1) is 0 Å². The highest BCUT2D eigenvalue weighted by atomic mass is 28.3. The topological polar surface area (TPSA) is 32.7 Å². The number of anilines is 1. The predicted octanol–water partition coefficient (Wildman–Crippen LogP) is 3.92. The van der Waals surface area contributed by atoms with Crippen molar-refractivity contribution in [2.45, 2.75) is 33.9 Å². The number of aryl methyl sites for hydroxylation is 1. The zero-order valence-corrected chi connectivity index (χ0v) is 16.9. The zero-order valence-electron chi connectivity index (χ0n) is 15.9. The fourth-order valence-corrected chi connectivity index (χ4v) is 4.55. The Hall–Kier alpha value is -1.94. The van der Waals surface area contributed by atoms with E-state index in [4.69, 9.17) is 4.74 Å². The fourth-order valence-electron chi connectivity index (χ4n) is 2.81. The molecule has 0 fully saturated rings. The summed E-state index contributed by atoms with van der Waals surface area (Å²) in [6.07, 6.45) is 0.722. The van der Waals surface area contributed by atoms with Crippen LogP contribution in [0.25, 0.3) is 0 Å². The van der Waals surface area contributed by atoms with Gasteiger partial charge in [0.25, 0.3) is 0 Å². The van der Waals surface area contributed by atoms with E-state index >= 15 is 0 Å². The minimum atomic E-state index is -1.70. The molecule has 0 aliphatic rings. The van der Waals surface area contributed by atoms with E-state index < -0.39 is 8.07 Å². The summed E-state index contributed by atoms with van der Waals surface area (Å²) >= 11 is 0. The van der Waals surface area contributed by atoms with Crippen LogP contribution in [0.15, 0.2) is 30.3 Å². The van der Waals surface area contributed by atoms with Crippen LogP contribution in [0.2, 0.25) is 13.1 Å². The largest absolute Gasteiger partial charge is 0.508 e. The fraction of sp³-hybridized carbons (Fsp3) is 0.400. The molecule has 0 saturated carbocycles. The first-order chi connectivity index (χ1) is 11.1. The molecule has 2 rings (SSSR count). The second kappa shape index (κ2) is 6.89. The van der Waals surface area contributed by atoms with Gasteiger partial charge in [-0.1, -0.05) is 30.4 Å². The van der Waals surface area contributed by atoms with E-state index in [-0.39, 0.29) is 0 Å². The summed E-state index contributed by atoms with van der Waals surface area (Å²) in [7, 11) is 2.41. The van der Waals surface area contributed by atoms with Gasteiger partial charge in [0, 0.05) is 19.8 Å². The van der Waals surface area contributed by atoms with Crippen LogP contribution in [0, 0.1) is 20.8 Å². The van der Waals surface area contributed by atoms with Crippen molar-refractivity contribution in [2.75, 3.05) is 25.2 Å². The molecule has 0 saturated heterocycles. The molecule has 2 aromatic carbocycles. The Morgan fingerprint density at radius 2 is 1.58 bits per heavy atom. The smallest absolute Gasteiger partial charge is 0.125 e. The summed E-state index contributed by atoms with van der Waals surface area (Å²) in [6.45, 7) is 10.6. The number of hydrogen-bond donors (Lipinski definition) is 1. The quantitative estimate of drug-likeness (QED) is 0.835. The van der Waals surface area contributed by atoms with E-state index in [1.54, 1.807) is 6.07 Å². The number of rotatable bonds is 5. The van der Waals surface area contributed by atoms with Crippen molar-refractivity contribution in [3.8, 4) is 11.5 Å². The highest BCUT2D eigenvalue weighted by Gasteiger charge is 2.25. The lowest BCUT2D eigenvalue weighted by atomic mass is 10.0. The van der Waals surface area contributed by atoms with Gasteiger partial charge < -0.3 is 14.7 Å². The van der Waals surface area contributed by atoms with E-state index in [1.807, 2.05) is 20.8 Å². The Balaban J connectivity index is 2.20. The summed E-state index contributed by atoms with van der Waals surface area (Å²) in [5, 5.41) is 11.3. The minimum Gasteiger partial charge on any atom is -0.508 e. The molecule has 3 nitrogen and oxygen atoms in total.